The van der Waals surface area contributed by atoms with Gasteiger partial charge in [0.2, 0.25) is 0 Å². The van der Waals surface area contributed by atoms with Crippen LogP contribution in [0, 0.1) is 0 Å². The van der Waals surface area contributed by atoms with Gasteiger partial charge in [0.05, 0.1) is 0 Å². The van der Waals surface area contributed by atoms with E-state index in [1.165, 1.54) is 10.9 Å². The number of rotatable bonds is 4. The number of anilines is 1. The number of halogens is 3. The fourth-order valence-corrected chi connectivity index (χ4v) is 3.58. The maximum Gasteiger partial charge on any atom is 0.433 e. The first kappa shape index (κ1) is 17.8. The Balaban J connectivity index is 1.40. The molecule has 0 aliphatic carbocycles. The molecular formula is C19H20F3N5. The van der Waals surface area contributed by atoms with E-state index in [0.29, 0.717) is 0 Å². The molecule has 2 N–H and O–H groups in total. The SMILES string of the molecule is FC(F)(F)c1cc(NC2CCCN(Cc3ccc4[nH]ccc4c3)C2)ncn1. The number of piperidine rings is 1. The minimum atomic E-state index is -4.46. The van der Waals surface area contributed by atoms with Crippen LogP contribution in [0.3, 0.4) is 0 Å². The predicted octanol–water partition coefficient (Wildman–Crippen LogP) is 4.05. The van der Waals surface area contributed by atoms with E-state index in [0.717, 1.165) is 50.4 Å². The van der Waals surface area contributed by atoms with E-state index < -0.39 is 11.9 Å². The van der Waals surface area contributed by atoms with E-state index in [4.69, 9.17) is 0 Å². The Bertz CT molecular complexity index is 921. The van der Waals surface area contributed by atoms with Crippen molar-refractivity contribution in [2.24, 2.45) is 0 Å². The van der Waals surface area contributed by atoms with Crippen molar-refractivity contribution in [3.05, 3.63) is 54.1 Å². The first-order chi connectivity index (χ1) is 13.0. The second-order valence-electron chi connectivity index (χ2n) is 6.90. The van der Waals surface area contributed by atoms with E-state index in [1.807, 2.05) is 12.3 Å². The van der Waals surface area contributed by atoms with Gasteiger partial charge in [0.15, 0.2) is 0 Å². The minimum Gasteiger partial charge on any atom is -0.366 e. The van der Waals surface area contributed by atoms with Crippen molar-refractivity contribution in [2.75, 3.05) is 18.4 Å². The quantitative estimate of drug-likeness (QED) is 0.722. The molecule has 3 aromatic rings. The van der Waals surface area contributed by atoms with Gasteiger partial charge in [0.1, 0.15) is 17.8 Å². The largest absolute Gasteiger partial charge is 0.433 e. The van der Waals surface area contributed by atoms with E-state index >= 15 is 0 Å². The van der Waals surface area contributed by atoms with Crippen molar-refractivity contribution in [3.8, 4) is 0 Å². The molecule has 0 saturated carbocycles. The summed E-state index contributed by atoms with van der Waals surface area (Å²) in [5, 5.41) is 4.32. The number of aromatic amines is 1. The Morgan fingerprint density at radius 3 is 2.93 bits per heavy atom. The zero-order valence-corrected chi connectivity index (χ0v) is 14.6. The molecule has 1 fully saturated rings. The van der Waals surface area contributed by atoms with Crippen molar-refractivity contribution < 1.29 is 13.2 Å². The highest BCUT2D eigenvalue weighted by Gasteiger charge is 2.33. The van der Waals surface area contributed by atoms with Gasteiger partial charge in [-0.2, -0.15) is 13.2 Å². The van der Waals surface area contributed by atoms with Crippen LogP contribution in [-0.2, 0) is 12.7 Å². The maximum atomic E-state index is 12.8. The van der Waals surface area contributed by atoms with Crippen LogP contribution < -0.4 is 5.32 Å². The summed E-state index contributed by atoms with van der Waals surface area (Å²) in [6.45, 7) is 2.55. The summed E-state index contributed by atoms with van der Waals surface area (Å²) in [6, 6.07) is 9.43. The van der Waals surface area contributed by atoms with Crippen LogP contribution >= 0.6 is 0 Å². The highest BCUT2D eigenvalue weighted by Crippen LogP contribution is 2.28. The molecule has 142 valence electrons. The van der Waals surface area contributed by atoms with Gasteiger partial charge in [0, 0.05) is 36.9 Å². The molecule has 1 saturated heterocycles. The third kappa shape index (κ3) is 4.21. The normalized spacial score (nSPS) is 18.7. The number of alkyl halides is 3. The van der Waals surface area contributed by atoms with Crippen LogP contribution in [0.2, 0.25) is 0 Å². The van der Waals surface area contributed by atoms with Crippen molar-refractivity contribution in [2.45, 2.75) is 31.6 Å². The number of likely N-dealkylation sites (tertiary alicyclic amines) is 1. The maximum absolute atomic E-state index is 12.8. The summed E-state index contributed by atoms with van der Waals surface area (Å²) in [4.78, 5) is 12.8. The lowest BCUT2D eigenvalue weighted by Gasteiger charge is -2.33. The summed E-state index contributed by atoms with van der Waals surface area (Å²) in [7, 11) is 0. The molecule has 5 nitrogen and oxygen atoms in total. The molecule has 1 aromatic carbocycles. The van der Waals surface area contributed by atoms with Gasteiger partial charge in [-0.05, 0) is 48.5 Å². The number of fused-ring (bicyclic) bond motifs is 1. The number of aromatic nitrogens is 3. The zero-order valence-electron chi connectivity index (χ0n) is 14.6. The van der Waals surface area contributed by atoms with Gasteiger partial charge >= 0.3 is 6.18 Å². The van der Waals surface area contributed by atoms with Gasteiger partial charge in [0.25, 0.3) is 0 Å². The topological polar surface area (TPSA) is 56.8 Å². The van der Waals surface area contributed by atoms with Crippen LogP contribution in [0.5, 0.6) is 0 Å². The molecule has 2 aromatic heterocycles. The van der Waals surface area contributed by atoms with Crippen LogP contribution in [0.4, 0.5) is 19.0 Å². The summed E-state index contributed by atoms with van der Waals surface area (Å²) >= 11 is 0. The molecule has 0 bridgehead atoms. The Morgan fingerprint density at radius 2 is 2.07 bits per heavy atom. The second kappa shape index (κ2) is 7.19. The van der Waals surface area contributed by atoms with Crippen LogP contribution in [0.15, 0.2) is 42.9 Å². The molecule has 1 aliphatic rings. The molecule has 0 amide bonds. The number of nitrogens with zero attached hydrogens (tertiary/aromatic N) is 3. The van der Waals surface area contributed by atoms with E-state index in [1.54, 1.807) is 0 Å². The van der Waals surface area contributed by atoms with E-state index in [2.05, 4.69) is 43.4 Å². The third-order valence-corrected chi connectivity index (χ3v) is 4.84. The first-order valence-electron chi connectivity index (χ1n) is 8.91. The zero-order chi connectivity index (χ0) is 18.9. The predicted molar refractivity (Wildman–Crippen MR) is 97.3 cm³/mol. The van der Waals surface area contributed by atoms with Crippen molar-refractivity contribution in [1.29, 1.82) is 0 Å². The Hall–Kier alpha value is -2.61. The smallest absolute Gasteiger partial charge is 0.366 e. The lowest BCUT2D eigenvalue weighted by Crippen LogP contribution is -2.41. The lowest BCUT2D eigenvalue weighted by molar-refractivity contribution is -0.141. The minimum absolute atomic E-state index is 0.0609. The second-order valence-corrected chi connectivity index (χ2v) is 6.90. The van der Waals surface area contributed by atoms with Crippen LogP contribution in [-0.4, -0.2) is 39.0 Å². The number of hydrogen-bond donors (Lipinski definition) is 2. The molecule has 27 heavy (non-hydrogen) atoms. The van der Waals surface area contributed by atoms with Gasteiger partial charge in [-0.15, -0.1) is 0 Å². The van der Waals surface area contributed by atoms with Gasteiger partial charge in [-0.25, -0.2) is 9.97 Å². The molecule has 0 radical (unpaired) electrons. The lowest BCUT2D eigenvalue weighted by atomic mass is 10.0. The molecular weight excluding hydrogens is 355 g/mol. The monoisotopic (exact) mass is 375 g/mol. The molecule has 1 atom stereocenters. The van der Waals surface area contributed by atoms with Crippen LogP contribution in [0.1, 0.15) is 24.1 Å². The first-order valence-corrected chi connectivity index (χ1v) is 8.91. The van der Waals surface area contributed by atoms with Crippen LogP contribution in [0.25, 0.3) is 10.9 Å². The fraction of sp³-hybridized carbons (Fsp3) is 0.368. The Kier molecular flexibility index (Phi) is 4.73. The summed E-state index contributed by atoms with van der Waals surface area (Å²) < 4.78 is 38.4. The highest BCUT2D eigenvalue weighted by molar-refractivity contribution is 5.79. The molecule has 4 rings (SSSR count). The summed E-state index contributed by atoms with van der Waals surface area (Å²) in [5.41, 5.74) is 1.41. The van der Waals surface area contributed by atoms with Gasteiger partial charge < -0.3 is 10.3 Å². The van der Waals surface area contributed by atoms with E-state index in [9.17, 15) is 13.2 Å². The Labute approximate surface area is 154 Å². The van der Waals surface area contributed by atoms with Gasteiger partial charge in [-0.3, -0.25) is 4.90 Å². The molecule has 1 aliphatic heterocycles. The average Bonchev–Trinajstić information content (AvgIpc) is 3.09. The Morgan fingerprint density at radius 1 is 1.19 bits per heavy atom. The molecule has 8 heteroatoms. The number of hydrogen-bond acceptors (Lipinski definition) is 4. The van der Waals surface area contributed by atoms with Crippen molar-refractivity contribution in [1.82, 2.24) is 19.9 Å². The fourth-order valence-electron chi connectivity index (χ4n) is 3.58. The molecule has 3 heterocycles. The third-order valence-electron chi connectivity index (χ3n) is 4.84. The summed E-state index contributed by atoms with van der Waals surface area (Å²) in [5.74, 6) is 0.220. The van der Waals surface area contributed by atoms with Gasteiger partial charge in [-0.1, -0.05) is 6.07 Å². The number of nitrogens with one attached hydrogen (secondary N) is 2. The molecule has 1 unspecified atom stereocenters. The number of benzene rings is 1. The summed E-state index contributed by atoms with van der Waals surface area (Å²) in [6.07, 6.45) is 0.304. The molecule has 0 spiro atoms. The van der Waals surface area contributed by atoms with Crippen molar-refractivity contribution >= 4 is 16.7 Å². The van der Waals surface area contributed by atoms with Crippen molar-refractivity contribution in [3.63, 3.8) is 0 Å². The standard InChI is InChI=1S/C19H20F3N5/c20-19(21,22)17-9-18(25-12-24-17)26-15-2-1-7-27(11-15)10-13-3-4-16-14(8-13)5-6-23-16/h3-6,8-9,12,15,23H,1-2,7,10-11H2,(H,24,25,26). The average molecular weight is 375 g/mol. The van der Waals surface area contributed by atoms with E-state index in [-0.39, 0.29) is 11.9 Å². The highest BCUT2D eigenvalue weighted by atomic mass is 19.4. The number of H-pyrrole nitrogens is 1.